The topological polar surface area (TPSA) is 46.9 Å². The Bertz CT molecular complexity index is 534. The van der Waals surface area contributed by atoms with Crippen LogP contribution in [-0.2, 0) is 7.05 Å². The van der Waals surface area contributed by atoms with Crippen LogP contribution in [0.3, 0.4) is 0 Å². The third-order valence-electron chi connectivity index (χ3n) is 5.53. The van der Waals surface area contributed by atoms with Crippen molar-refractivity contribution in [2.24, 2.45) is 24.8 Å². The lowest BCUT2D eigenvalue weighted by Gasteiger charge is -2.28. The SMILES string of the molecule is Cc1nn(C)c(C)c1C(=O)N[C@H](C)[C@@H]1C[C@H]2CC[C@H]1C2. The number of hydrogen-bond acceptors (Lipinski definition) is 2. The molecule has 2 aliphatic rings. The first-order valence-corrected chi connectivity index (χ1v) is 7.78. The Balaban J connectivity index is 1.69. The molecular weight excluding hydrogens is 250 g/mol. The number of aryl methyl sites for hydroxylation is 2. The summed E-state index contributed by atoms with van der Waals surface area (Å²) in [6.07, 6.45) is 5.45. The molecular formula is C16H25N3O. The molecule has 1 N–H and O–H groups in total. The first-order chi connectivity index (χ1) is 9.47. The second-order valence-electron chi connectivity index (χ2n) is 6.77. The van der Waals surface area contributed by atoms with Crippen molar-refractivity contribution in [1.82, 2.24) is 15.1 Å². The molecule has 20 heavy (non-hydrogen) atoms. The van der Waals surface area contributed by atoms with E-state index >= 15 is 0 Å². The van der Waals surface area contributed by atoms with Gasteiger partial charge in [-0.1, -0.05) is 6.42 Å². The van der Waals surface area contributed by atoms with Gasteiger partial charge in [-0.2, -0.15) is 5.10 Å². The summed E-state index contributed by atoms with van der Waals surface area (Å²) >= 11 is 0. The fourth-order valence-corrected chi connectivity index (χ4v) is 4.39. The zero-order chi connectivity index (χ0) is 14.4. The lowest BCUT2D eigenvalue weighted by Crippen LogP contribution is -2.40. The molecule has 4 heteroatoms. The van der Waals surface area contributed by atoms with Gasteiger partial charge in [-0.05, 0) is 57.8 Å². The summed E-state index contributed by atoms with van der Waals surface area (Å²) in [6, 6.07) is 0.275. The van der Waals surface area contributed by atoms with Crippen LogP contribution in [0.25, 0.3) is 0 Å². The predicted molar refractivity (Wildman–Crippen MR) is 78.5 cm³/mol. The zero-order valence-electron chi connectivity index (χ0n) is 12.9. The summed E-state index contributed by atoms with van der Waals surface area (Å²) in [5.74, 6) is 2.48. The largest absolute Gasteiger partial charge is 0.349 e. The number of aromatic nitrogens is 2. The van der Waals surface area contributed by atoms with Crippen LogP contribution in [0.2, 0.25) is 0 Å². The van der Waals surface area contributed by atoms with E-state index in [9.17, 15) is 4.79 Å². The van der Waals surface area contributed by atoms with E-state index in [-0.39, 0.29) is 11.9 Å². The van der Waals surface area contributed by atoms with E-state index in [1.54, 1.807) is 4.68 Å². The van der Waals surface area contributed by atoms with Crippen LogP contribution < -0.4 is 5.32 Å². The molecule has 4 atom stereocenters. The van der Waals surface area contributed by atoms with Gasteiger partial charge < -0.3 is 5.32 Å². The quantitative estimate of drug-likeness (QED) is 0.921. The van der Waals surface area contributed by atoms with Crippen LogP contribution in [0, 0.1) is 31.6 Å². The minimum Gasteiger partial charge on any atom is -0.349 e. The van der Waals surface area contributed by atoms with E-state index < -0.39 is 0 Å². The first-order valence-electron chi connectivity index (χ1n) is 7.78. The van der Waals surface area contributed by atoms with Crippen molar-refractivity contribution in [2.75, 3.05) is 0 Å². The van der Waals surface area contributed by atoms with Crippen LogP contribution >= 0.6 is 0 Å². The Morgan fingerprint density at radius 3 is 2.60 bits per heavy atom. The Morgan fingerprint density at radius 2 is 2.10 bits per heavy atom. The lowest BCUT2D eigenvalue weighted by molar-refractivity contribution is 0.0914. The highest BCUT2D eigenvalue weighted by molar-refractivity contribution is 5.96. The number of nitrogens with one attached hydrogen (secondary N) is 1. The molecule has 2 bridgehead atoms. The Kier molecular flexibility index (Phi) is 3.35. The Labute approximate surface area is 120 Å². The standard InChI is InChI=1S/C16H25N3O/c1-9(14-8-12-5-6-13(14)7-12)17-16(20)15-10(2)18-19(4)11(15)3/h9,12-14H,5-8H2,1-4H3,(H,17,20)/t9-,12+,13+,14+/m1/s1. The average Bonchev–Trinajstić information content (AvgIpc) is 3.05. The van der Waals surface area contributed by atoms with Gasteiger partial charge in [-0.3, -0.25) is 9.48 Å². The third kappa shape index (κ3) is 2.15. The summed E-state index contributed by atoms with van der Waals surface area (Å²) in [6.45, 7) is 6.03. The molecule has 4 nitrogen and oxygen atoms in total. The molecule has 2 fully saturated rings. The van der Waals surface area contributed by atoms with Crippen LogP contribution in [0.15, 0.2) is 0 Å². The van der Waals surface area contributed by atoms with Gasteiger partial charge in [0.25, 0.3) is 5.91 Å². The fourth-order valence-electron chi connectivity index (χ4n) is 4.39. The van der Waals surface area contributed by atoms with Gasteiger partial charge in [0.05, 0.1) is 11.3 Å². The summed E-state index contributed by atoms with van der Waals surface area (Å²) in [7, 11) is 1.89. The molecule has 0 aliphatic heterocycles. The predicted octanol–water partition coefficient (Wildman–Crippen LogP) is 2.59. The molecule has 1 heterocycles. The summed E-state index contributed by atoms with van der Waals surface area (Å²) in [5.41, 5.74) is 2.52. The molecule has 1 aromatic heterocycles. The lowest BCUT2D eigenvalue weighted by atomic mass is 9.84. The number of nitrogens with zero attached hydrogens (tertiary/aromatic N) is 2. The molecule has 110 valence electrons. The van der Waals surface area contributed by atoms with Crippen LogP contribution in [-0.4, -0.2) is 21.7 Å². The highest BCUT2D eigenvalue weighted by Crippen LogP contribution is 2.49. The van der Waals surface area contributed by atoms with E-state index in [4.69, 9.17) is 0 Å². The molecule has 0 spiro atoms. The zero-order valence-corrected chi connectivity index (χ0v) is 12.9. The number of carbonyl (C=O) groups excluding carboxylic acids is 1. The van der Waals surface area contributed by atoms with Gasteiger partial charge in [0.2, 0.25) is 0 Å². The summed E-state index contributed by atoms with van der Waals surface area (Å²) in [4.78, 5) is 12.5. The maximum Gasteiger partial charge on any atom is 0.255 e. The van der Waals surface area contributed by atoms with E-state index in [0.29, 0.717) is 5.92 Å². The maximum absolute atomic E-state index is 12.5. The van der Waals surface area contributed by atoms with Crippen LogP contribution in [0.1, 0.15) is 54.4 Å². The van der Waals surface area contributed by atoms with E-state index in [1.807, 2.05) is 20.9 Å². The van der Waals surface area contributed by atoms with Crippen molar-refractivity contribution < 1.29 is 4.79 Å². The van der Waals surface area contributed by atoms with E-state index in [1.165, 1.54) is 25.7 Å². The normalized spacial score (nSPS) is 29.7. The molecule has 1 amide bonds. The van der Waals surface area contributed by atoms with E-state index in [0.717, 1.165) is 28.8 Å². The summed E-state index contributed by atoms with van der Waals surface area (Å²) < 4.78 is 1.78. The highest BCUT2D eigenvalue weighted by atomic mass is 16.1. The molecule has 0 saturated heterocycles. The third-order valence-corrected chi connectivity index (χ3v) is 5.53. The highest BCUT2D eigenvalue weighted by Gasteiger charge is 2.42. The van der Waals surface area contributed by atoms with Crippen molar-refractivity contribution in [1.29, 1.82) is 0 Å². The number of rotatable bonds is 3. The smallest absolute Gasteiger partial charge is 0.255 e. The van der Waals surface area contributed by atoms with Crippen molar-refractivity contribution in [3.05, 3.63) is 17.0 Å². The number of amides is 1. The molecule has 0 aromatic carbocycles. The van der Waals surface area contributed by atoms with Gasteiger partial charge in [0.15, 0.2) is 0 Å². The number of fused-ring (bicyclic) bond motifs is 2. The summed E-state index contributed by atoms with van der Waals surface area (Å²) in [5, 5.41) is 7.56. The first kappa shape index (κ1) is 13.7. The van der Waals surface area contributed by atoms with Crippen molar-refractivity contribution in [3.8, 4) is 0 Å². The molecule has 1 aromatic rings. The number of carbonyl (C=O) groups is 1. The van der Waals surface area contributed by atoms with Gasteiger partial charge >= 0.3 is 0 Å². The molecule has 0 radical (unpaired) electrons. The second-order valence-corrected chi connectivity index (χ2v) is 6.77. The van der Waals surface area contributed by atoms with Crippen molar-refractivity contribution in [2.45, 2.75) is 52.5 Å². The molecule has 0 unspecified atom stereocenters. The van der Waals surface area contributed by atoms with Crippen molar-refractivity contribution >= 4 is 5.91 Å². The minimum absolute atomic E-state index is 0.0448. The van der Waals surface area contributed by atoms with Gasteiger partial charge in [0.1, 0.15) is 0 Å². The van der Waals surface area contributed by atoms with E-state index in [2.05, 4.69) is 17.3 Å². The monoisotopic (exact) mass is 275 g/mol. The van der Waals surface area contributed by atoms with Crippen molar-refractivity contribution in [3.63, 3.8) is 0 Å². The average molecular weight is 275 g/mol. The second kappa shape index (κ2) is 4.90. The molecule has 3 rings (SSSR count). The van der Waals surface area contributed by atoms with Gasteiger partial charge in [-0.25, -0.2) is 0 Å². The van der Waals surface area contributed by atoms with Crippen LogP contribution in [0.5, 0.6) is 0 Å². The number of hydrogen-bond donors (Lipinski definition) is 1. The maximum atomic E-state index is 12.5. The molecule has 2 aliphatic carbocycles. The minimum atomic E-state index is 0.0448. The fraction of sp³-hybridized carbons (Fsp3) is 0.750. The Morgan fingerprint density at radius 1 is 1.35 bits per heavy atom. The van der Waals surface area contributed by atoms with Gasteiger partial charge in [-0.15, -0.1) is 0 Å². The van der Waals surface area contributed by atoms with Gasteiger partial charge in [0, 0.05) is 18.8 Å². The molecule has 2 saturated carbocycles. The Hall–Kier alpha value is -1.32. The van der Waals surface area contributed by atoms with Crippen LogP contribution in [0.4, 0.5) is 0 Å².